The molecule has 1 aromatic heterocycles. The Balaban J connectivity index is 1.58. The zero-order valence-corrected chi connectivity index (χ0v) is 25.4. The molecule has 1 amide bonds. The quantitative estimate of drug-likeness (QED) is 0.251. The van der Waals surface area contributed by atoms with E-state index in [-0.39, 0.29) is 42.8 Å². The van der Waals surface area contributed by atoms with Gasteiger partial charge in [0.2, 0.25) is 15.9 Å². The summed E-state index contributed by atoms with van der Waals surface area (Å²) in [7, 11) is -3.88. The van der Waals surface area contributed by atoms with Crippen molar-refractivity contribution in [1.29, 1.82) is 0 Å². The number of hydrogen-bond donors (Lipinski definition) is 3. The zero-order chi connectivity index (χ0) is 30.1. The maximum atomic E-state index is 13.8. The molecule has 5 rings (SSSR count). The molecule has 1 aliphatic carbocycles. The number of carbonyl (C=O) groups is 2. The van der Waals surface area contributed by atoms with Crippen molar-refractivity contribution in [2.45, 2.75) is 62.3 Å². The van der Waals surface area contributed by atoms with Crippen LogP contribution < -0.4 is 10.0 Å². The number of benzene rings is 2. The number of sulfonamides is 1. The van der Waals surface area contributed by atoms with Crippen LogP contribution in [0.4, 0.5) is 0 Å². The lowest BCUT2D eigenvalue weighted by Gasteiger charge is -2.46. The van der Waals surface area contributed by atoms with Crippen molar-refractivity contribution in [2.24, 2.45) is 11.3 Å². The van der Waals surface area contributed by atoms with Crippen LogP contribution in [0.1, 0.15) is 61.6 Å². The summed E-state index contributed by atoms with van der Waals surface area (Å²) < 4.78 is 30.6. The number of carboxylic acid groups (broad SMARTS) is 1. The maximum Gasteiger partial charge on any atom is 0.304 e. The normalized spacial score (nSPS) is 24.0. The largest absolute Gasteiger partial charge is 0.481 e. The van der Waals surface area contributed by atoms with Gasteiger partial charge in [-0.15, -0.1) is 0 Å². The highest BCUT2D eigenvalue weighted by molar-refractivity contribution is 7.88. The fourth-order valence-electron chi connectivity index (χ4n) is 6.32. The lowest BCUT2D eigenvalue weighted by molar-refractivity contribution is -0.147. The minimum atomic E-state index is -3.88. The number of hydrogen-bond acceptors (Lipinski definition) is 5. The highest BCUT2D eigenvalue weighted by Crippen LogP contribution is 2.52. The summed E-state index contributed by atoms with van der Waals surface area (Å²) in [5.74, 6) is -2.03. The van der Waals surface area contributed by atoms with Gasteiger partial charge in [-0.1, -0.05) is 60.5 Å². The van der Waals surface area contributed by atoms with Gasteiger partial charge in [-0.3, -0.25) is 14.6 Å². The molecule has 0 unspecified atom stereocenters. The van der Waals surface area contributed by atoms with Crippen molar-refractivity contribution in [2.75, 3.05) is 0 Å². The Hall–Kier alpha value is -2.98. The van der Waals surface area contributed by atoms with Gasteiger partial charge in [0.1, 0.15) is 0 Å². The molecule has 2 fully saturated rings. The molecule has 8 nitrogen and oxygen atoms in total. The van der Waals surface area contributed by atoms with Gasteiger partial charge in [-0.25, -0.2) is 13.1 Å². The Bertz CT molecular complexity index is 1570. The second-order valence-electron chi connectivity index (χ2n) is 11.8. The molecule has 222 valence electrons. The number of halogens is 2. The summed E-state index contributed by atoms with van der Waals surface area (Å²) in [6.45, 7) is 1.66. The maximum absolute atomic E-state index is 13.8. The molecule has 3 N–H and O–H groups in total. The summed E-state index contributed by atoms with van der Waals surface area (Å²) in [6.07, 6.45) is 4.91. The fraction of sp³-hybridized carbons (Fsp3) is 0.387. The van der Waals surface area contributed by atoms with Gasteiger partial charge < -0.3 is 10.4 Å². The summed E-state index contributed by atoms with van der Waals surface area (Å²) >= 11 is 12.6. The van der Waals surface area contributed by atoms with Crippen molar-refractivity contribution in [3.05, 3.63) is 99.8 Å². The number of aliphatic carboxylic acids is 1. The van der Waals surface area contributed by atoms with Crippen molar-refractivity contribution in [1.82, 2.24) is 15.0 Å². The van der Waals surface area contributed by atoms with Gasteiger partial charge >= 0.3 is 5.97 Å². The highest BCUT2D eigenvalue weighted by atomic mass is 35.5. The predicted octanol–water partition coefficient (Wildman–Crippen LogP) is 5.66. The monoisotopic (exact) mass is 629 g/mol. The number of nitrogens with zero attached hydrogens (tertiary/aromatic N) is 1. The average molecular weight is 631 g/mol. The van der Waals surface area contributed by atoms with E-state index >= 15 is 0 Å². The Morgan fingerprint density at radius 2 is 1.86 bits per heavy atom. The predicted molar refractivity (Wildman–Crippen MR) is 162 cm³/mol. The van der Waals surface area contributed by atoms with Gasteiger partial charge in [0.25, 0.3) is 0 Å². The number of amides is 1. The minimum absolute atomic E-state index is 0.0217. The smallest absolute Gasteiger partial charge is 0.304 e. The van der Waals surface area contributed by atoms with Crippen LogP contribution in [-0.2, 0) is 30.9 Å². The first-order valence-corrected chi connectivity index (χ1v) is 16.2. The van der Waals surface area contributed by atoms with E-state index in [4.69, 9.17) is 23.2 Å². The summed E-state index contributed by atoms with van der Waals surface area (Å²) in [6, 6.07) is 17.4. The third kappa shape index (κ3) is 6.80. The third-order valence-corrected chi connectivity index (χ3v) is 10.3. The number of rotatable bonds is 11. The third-order valence-electron chi connectivity index (χ3n) is 8.43. The molecule has 42 heavy (non-hydrogen) atoms. The van der Waals surface area contributed by atoms with Crippen LogP contribution in [0, 0.1) is 11.3 Å². The first-order chi connectivity index (χ1) is 19.9. The van der Waals surface area contributed by atoms with Crippen LogP contribution in [0.2, 0.25) is 10.0 Å². The van der Waals surface area contributed by atoms with Crippen molar-refractivity contribution < 1.29 is 23.1 Å². The Labute approximate surface area is 255 Å². The van der Waals surface area contributed by atoms with E-state index in [0.717, 1.165) is 24.0 Å². The highest BCUT2D eigenvalue weighted by Gasteiger charge is 2.53. The number of carboxylic acids is 1. The summed E-state index contributed by atoms with van der Waals surface area (Å²) in [5, 5.41) is 13.8. The van der Waals surface area contributed by atoms with E-state index in [1.165, 1.54) is 6.20 Å². The zero-order valence-electron chi connectivity index (χ0n) is 23.1. The molecule has 3 aromatic rings. The second-order valence-corrected chi connectivity index (χ2v) is 14.4. The average Bonchev–Trinajstić information content (AvgIpc) is 3.77. The number of piperidine rings is 1. The lowest BCUT2D eigenvalue weighted by Crippen LogP contribution is -2.58. The first kappa shape index (κ1) is 30.5. The molecule has 2 heterocycles. The standard InChI is InChI=1S/C31H33Cl2N3O5S/c1-30(17-28(37)38)15-26(21-5-2-6-25(33)14-21)27(35-29(30)39)16-31(22-7-8-22,23-9-11-24(32)12-10-23)36-42(40,41)19-20-4-3-13-34-18-20/h2-6,9-14,18,22,26-27,36H,7-8,15-17,19H2,1H3,(H,35,39)(H,37,38)/t26-,27+,30+,31+/m1/s1. The molecule has 0 radical (unpaired) electrons. The van der Waals surface area contributed by atoms with Gasteiger partial charge in [-0.05, 0) is 78.6 Å². The summed E-state index contributed by atoms with van der Waals surface area (Å²) in [4.78, 5) is 29.3. The van der Waals surface area contributed by atoms with E-state index < -0.39 is 33.0 Å². The molecular weight excluding hydrogens is 597 g/mol. The van der Waals surface area contributed by atoms with Crippen LogP contribution in [0.15, 0.2) is 73.1 Å². The van der Waals surface area contributed by atoms with E-state index in [1.807, 2.05) is 30.3 Å². The minimum Gasteiger partial charge on any atom is -0.481 e. The molecule has 0 bridgehead atoms. The van der Waals surface area contributed by atoms with Crippen molar-refractivity contribution in [3.63, 3.8) is 0 Å². The Morgan fingerprint density at radius 1 is 1.12 bits per heavy atom. The molecule has 1 saturated carbocycles. The molecule has 1 aliphatic heterocycles. The van der Waals surface area contributed by atoms with Crippen LogP contribution in [0.3, 0.4) is 0 Å². The fourth-order valence-corrected chi connectivity index (χ4v) is 8.25. The lowest BCUT2D eigenvalue weighted by atomic mass is 9.66. The van der Waals surface area contributed by atoms with Gasteiger partial charge in [0.05, 0.1) is 23.1 Å². The number of aromatic nitrogens is 1. The van der Waals surface area contributed by atoms with Crippen molar-refractivity contribution in [3.8, 4) is 0 Å². The van der Waals surface area contributed by atoms with E-state index in [1.54, 1.807) is 43.5 Å². The topological polar surface area (TPSA) is 125 Å². The van der Waals surface area contributed by atoms with E-state index in [0.29, 0.717) is 15.6 Å². The molecule has 11 heteroatoms. The van der Waals surface area contributed by atoms with Gasteiger partial charge in [0, 0.05) is 34.4 Å². The number of nitrogens with one attached hydrogen (secondary N) is 2. The SMILES string of the molecule is C[C@@]1(CC(=O)O)C[C@H](c2cccc(Cl)c2)[C@H](C[C@@](NS(=O)(=O)Cc2cccnc2)(c2ccc(Cl)cc2)C2CC2)NC1=O. The Morgan fingerprint density at radius 3 is 2.48 bits per heavy atom. The van der Waals surface area contributed by atoms with Crippen LogP contribution >= 0.6 is 23.2 Å². The van der Waals surface area contributed by atoms with Crippen LogP contribution in [0.5, 0.6) is 0 Å². The number of pyridine rings is 1. The molecule has 1 saturated heterocycles. The van der Waals surface area contributed by atoms with Crippen molar-refractivity contribution >= 4 is 45.1 Å². The molecule has 0 spiro atoms. The van der Waals surface area contributed by atoms with E-state index in [9.17, 15) is 23.1 Å². The molecular formula is C31H33Cl2N3O5S. The van der Waals surface area contributed by atoms with Gasteiger partial charge in [-0.2, -0.15) is 0 Å². The summed E-state index contributed by atoms with van der Waals surface area (Å²) in [5.41, 5.74) is -0.0539. The second kappa shape index (κ2) is 12.0. The molecule has 2 aliphatic rings. The van der Waals surface area contributed by atoms with Gasteiger partial charge in [0.15, 0.2) is 0 Å². The Kier molecular flexibility index (Phi) is 8.67. The number of carbonyl (C=O) groups excluding carboxylic acids is 1. The van der Waals surface area contributed by atoms with Crippen LogP contribution in [0.25, 0.3) is 0 Å². The first-order valence-electron chi connectivity index (χ1n) is 13.8. The molecule has 2 aromatic carbocycles. The molecule has 4 atom stereocenters. The van der Waals surface area contributed by atoms with Crippen LogP contribution in [-0.4, -0.2) is 36.4 Å². The van der Waals surface area contributed by atoms with E-state index in [2.05, 4.69) is 15.0 Å².